The Morgan fingerprint density at radius 2 is 1.90 bits per heavy atom. The van der Waals surface area contributed by atoms with Crippen LogP contribution >= 0.6 is 0 Å². The number of aromatic nitrogens is 4. The molecule has 5 heterocycles. The molecule has 0 aromatic carbocycles. The summed E-state index contributed by atoms with van der Waals surface area (Å²) in [7, 11) is 0. The van der Waals surface area contributed by atoms with E-state index in [0.717, 1.165) is 62.8 Å². The van der Waals surface area contributed by atoms with Gasteiger partial charge in [-0.1, -0.05) is 0 Å². The minimum atomic E-state index is 0.0514. The molecule has 0 spiro atoms. The molecular weight excluding hydrogens is 368 g/mol. The lowest BCUT2D eigenvalue weighted by atomic mass is 9.97. The lowest BCUT2D eigenvalue weighted by Gasteiger charge is -2.31. The Bertz CT molecular complexity index is 999. The molecule has 5 rings (SSSR count). The van der Waals surface area contributed by atoms with Crippen molar-refractivity contribution in [2.75, 3.05) is 44.3 Å². The third-order valence-electron chi connectivity index (χ3n) is 5.71. The van der Waals surface area contributed by atoms with E-state index in [1.54, 1.807) is 24.5 Å². The Morgan fingerprint density at radius 1 is 1.07 bits per heavy atom. The number of anilines is 1. The van der Waals surface area contributed by atoms with E-state index in [2.05, 4.69) is 16.0 Å². The molecule has 2 aliphatic rings. The molecular formula is C21H24N6O2. The quantitative estimate of drug-likeness (QED) is 0.679. The van der Waals surface area contributed by atoms with Crippen molar-refractivity contribution in [2.45, 2.75) is 18.8 Å². The normalized spacial score (nSPS) is 20.2. The van der Waals surface area contributed by atoms with E-state index in [4.69, 9.17) is 14.8 Å². The fraction of sp³-hybridized carbons (Fsp3) is 0.429. The van der Waals surface area contributed by atoms with Crippen molar-refractivity contribution in [3.05, 3.63) is 54.2 Å². The molecule has 0 radical (unpaired) electrons. The summed E-state index contributed by atoms with van der Waals surface area (Å²) in [5, 5.41) is 4.76. The van der Waals surface area contributed by atoms with Crippen molar-refractivity contribution in [3.8, 4) is 0 Å². The van der Waals surface area contributed by atoms with Gasteiger partial charge in [-0.05, 0) is 37.1 Å². The van der Waals surface area contributed by atoms with Gasteiger partial charge >= 0.3 is 0 Å². The Kier molecular flexibility index (Phi) is 4.85. The lowest BCUT2D eigenvalue weighted by molar-refractivity contribution is 0.0704. The van der Waals surface area contributed by atoms with Gasteiger partial charge < -0.3 is 14.5 Å². The van der Waals surface area contributed by atoms with Crippen LogP contribution in [-0.4, -0.2) is 69.8 Å². The number of amides is 1. The SMILES string of the molecule is O=C(c1ccncc1)N1CCCC(c2nc3ccc(N4CCOCC4)cn3n2)C1. The van der Waals surface area contributed by atoms with E-state index in [-0.39, 0.29) is 11.8 Å². The molecule has 8 heteroatoms. The highest BCUT2D eigenvalue weighted by Crippen LogP contribution is 2.27. The van der Waals surface area contributed by atoms with Crippen LogP contribution in [0.5, 0.6) is 0 Å². The summed E-state index contributed by atoms with van der Waals surface area (Å²) in [6.45, 7) is 4.71. The summed E-state index contributed by atoms with van der Waals surface area (Å²) in [4.78, 5) is 25.8. The van der Waals surface area contributed by atoms with Crippen LogP contribution in [0.15, 0.2) is 42.9 Å². The van der Waals surface area contributed by atoms with Crippen molar-refractivity contribution in [1.82, 2.24) is 24.5 Å². The highest BCUT2D eigenvalue weighted by molar-refractivity contribution is 5.94. The number of hydrogen-bond donors (Lipinski definition) is 0. The molecule has 8 nitrogen and oxygen atoms in total. The van der Waals surface area contributed by atoms with Gasteiger partial charge in [0.2, 0.25) is 0 Å². The third kappa shape index (κ3) is 3.67. The highest BCUT2D eigenvalue weighted by Gasteiger charge is 2.28. The molecule has 0 bridgehead atoms. The number of carbonyl (C=O) groups is 1. The average molecular weight is 392 g/mol. The van der Waals surface area contributed by atoms with Gasteiger partial charge in [0.05, 0.1) is 25.1 Å². The molecule has 2 fully saturated rings. The second-order valence-corrected chi connectivity index (χ2v) is 7.59. The molecule has 29 heavy (non-hydrogen) atoms. The molecule has 0 aliphatic carbocycles. The van der Waals surface area contributed by atoms with Gasteiger partial charge in [0.25, 0.3) is 5.91 Å². The number of pyridine rings is 2. The highest BCUT2D eigenvalue weighted by atomic mass is 16.5. The molecule has 1 amide bonds. The number of hydrogen-bond acceptors (Lipinski definition) is 6. The minimum absolute atomic E-state index is 0.0514. The van der Waals surface area contributed by atoms with Crippen molar-refractivity contribution >= 4 is 17.2 Å². The largest absolute Gasteiger partial charge is 0.378 e. The Labute approximate surface area is 169 Å². The predicted octanol–water partition coefficient (Wildman–Crippen LogP) is 1.98. The summed E-state index contributed by atoms with van der Waals surface area (Å²) < 4.78 is 7.31. The number of morpholine rings is 1. The van der Waals surface area contributed by atoms with Crippen molar-refractivity contribution < 1.29 is 9.53 Å². The first-order valence-electron chi connectivity index (χ1n) is 10.2. The number of fused-ring (bicyclic) bond motifs is 1. The summed E-state index contributed by atoms with van der Waals surface area (Å²) in [6, 6.07) is 7.65. The van der Waals surface area contributed by atoms with Crippen LogP contribution in [0, 0.1) is 0 Å². The maximum atomic E-state index is 12.8. The van der Waals surface area contributed by atoms with Gasteiger partial charge in [0.1, 0.15) is 0 Å². The maximum Gasteiger partial charge on any atom is 0.253 e. The Hall–Kier alpha value is -3.00. The van der Waals surface area contributed by atoms with Gasteiger partial charge in [0, 0.05) is 50.1 Å². The fourth-order valence-corrected chi connectivity index (χ4v) is 4.12. The van der Waals surface area contributed by atoms with Crippen LogP contribution in [0.3, 0.4) is 0 Å². The van der Waals surface area contributed by atoms with E-state index in [0.29, 0.717) is 12.1 Å². The number of likely N-dealkylation sites (tertiary alicyclic amines) is 1. The number of ether oxygens (including phenoxy) is 1. The first-order chi connectivity index (χ1) is 14.3. The molecule has 2 saturated heterocycles. The molecule has 1 unspecified atom stereocenters. The molecule has 0 saturated carbocycles. The van der Waals surface area contributed by atoms with Gasteiger partial charge in [-0.25, -0.2) is 9.50 Å². The maximum absolute atomic E-state index is 12.8. The van der Waals surface area contributed by atoms with E-state index in [9.17, 15) is 4.79 Å². The second-order valence-electron chi connectivity index (χ2n) is 7.59. The first-order valence-corrected chi connectivity index (χ1v) is 10.2. The third-order valence-corrected chi connectivity index (χ3v) is 5.71. The summed E-state index contributed by atoms with van der Waals surface area (Å²) in [6.07, 6.45) is 7.30. The zero-order valence-electron chi connectivity index (χ0n) is 16.3. The zero-order valence-corrected chi connectivity index (χ0v) is 16.3. The van der Waals surface area contributed by atoms with Crippen molar-refractivity contribution in [3.63, 3.8) is 0 Å². The fourth-order valence-electron chi connectivity index (χ4n) is 4.12. The molecule has 3 aromatic rings. The lowest BCUT2D eigenvalue weighted by Crippen LogP contribution is -2.39. The predicted molar refractivity (Wildman–Crippen MR) is 108 cm³/mol. The average Bonchev–Trinajstić information content (AvgIpc) is 3.23. The summed E-state index contributed by atoms with van der Waals surface area (Å²) in [5.74, 6) is 1.02. The summed E-state index contributed by atoms with van der Waals surface area (Å²) in [5.41, 5.74) is 2.66. The Morgan fingerprint density at radius 3 is 2.72 bits per heavy atom. The smallest absolute Gasteiger partial charge is 0.253 e. The number of carbonyl (C=O) groups excluding carboxylic acids is 1. The topological polar surface area (TPSA) is 75.9 Å². The molecule has 1 atom stereocenters. The van der Waals surface area contributed by atoms with E-state index >= 15 is 0 Å². The number of rotatable bonds is 3. The summed E-state index contributed by atoms with van der Waals surface area (Å²) >= 11 is 0. The molecule has 150 valence electrons. The van der Waals surface area contributed by atoms with E-state index in [1.807, 2.05) is 21.7 Å². The van der Waals surface area contributed by atoms with Gasteiger partial charge in [-0.2, -0.15) is 5.10 Å². The first kappa shape index (κ1) is 18.1. The van der Waals surface area contributed by atoms with Crippen LogP contribution in [-0.2, 0) is 4.74 Å². The standard InChI is InChI=1S/C21H24N6O2/c28-21(16-5-7-22-8-6-16)26-9-1-2-17(14-26)20-23-19-4-3-18(15-27(19)24-20)25-10-12-29-13-11-25/h3-8,15,17H,1-2,9-14H2. The monoisotopic (exact) mass is 392 g/mol. The van der Waals surface area contributed by atoms with Crippen LogP contribution in [0.25, 0.3) is 5.65 Å². The van der Waals surface area contributed by atoms with Crippen LogP contribution in [0.4, 0.5) is 5.69 Å². The van der Waals surface area contributed by atoms with Crippen LogP contribution in [0.1, 0.15) is 34.9 Å². The molecule has 2 aliphatic heterocycles. The van der Waals surface area contributed by atoms with Gasteiger partial charge in [-0.15, -0.1) is 0 Å². The van der Waals surface area contributed by atoms with Gasteiger partial charge in [-0.3, -0.25) is 9.78 Å². The minimum Gasteiger partial charge on any atom is -0.378 e. The van der Waals surface area contributed by atoms with E-state index < -0.39 is 0 Å². The van der Waals surface area contributed by atoms with E-state index in [1.165, 1.54) is 0 Å². The zero-order chi connectivity index (χ0) is 19.6. The van der Waals surface area contributed by atoms with Crippen LogP contribution in [0.2, 0.25) is 0 Å². The Balaban J connectivity index is 1.35. The molecule has 3 aromatic heterocycles. The van der Waals surface area contributed by atoms with Gasteiger partial charge in [0.15, 0.2) is 11.5 Å². The second kappa shape index (κ2) is 7.79. The van der Waals surface area contributed by atoms with Crippen molar-refractivity contribution in [2.24, 2.45) is 0 Å². The van der Waals surface area contributed by atoms with Crippen LogP contribution < -0.4 is 4.90 Å². The van der Waals surface area contributed by atoms with Crippen molar-refractivity contribution in [1.29, 1.82) is 0 Å². The number of nitrogens with zero attached hydrogens (tertiary/aromatic N) is 6. The molecule has 0 N–H and O–H groups in total. The number of piperidine rings is 1.